The molecule has 0 saturated carbocycles. The number of ether oxygens (including phenoxy) is 1. The first-order valence-electron chi connectivity index (χ1n) is 10.6. The van der Waals surface area contributed by atoms with E-state index in [1.807, 2.05) is 17.5 Å². The van der Waals surface area contributed by atoms with Crippen molar-refractivity contribution in [1.82, 2.24) is 9.55 Å². The Labute approximate surface area is 202 Å². The van der Waals surface area contributed by atoms with E-state index in [1.165, 1.54) is 7.11 Å². The van der Waals surface area contributed by atoms with Gasteiger partial charge in [-0.3, -0.25) is 9.36 Å². The Bertz CT molecular complexity index is 1240. The summed E-state index contributed by atoms with van der Waals surface area (Å²) in [5, 5.41) is 4.95. The molecule has 1 aliphatic rings. The molecule has 0 aliphatic heterocycles. The number of methoxy groups -OCH3 is 1. The van der Waals surface area contributed by atoms with Crippen molar-refractivity contribution >= 4 is 34.7 Å². The van der Waals surface area contributed by atoms with E-state index in [4.69, 9.17) is 4.74 Å². The zero-order valence-electron chi connectivity index (χ0n) is 18.3. The van der Waals surface area contributed by atoms with Crippen molar-refractivity contribution in [3.05, 3.63) is 67.9 Å². The number of rotatable bonds is 7. The number of anilines is 1. The second-order valence-electron chi connectivity index (χ2n) is 7.75. The van der Waals surface area contributed by atoms with E-state index in [0.29, 0.717) is 11.6 Å². The number of thiophene rings is 1. The minimum Gasteiger partial charge on any atom is -0.495 e. The minimum atomic E-state index is -4.55. The van der Waals surface area contributed by atoms with E-state index in [-0.39, 0.29) is 22.9 Å². The predicted molar refractivity (Wildman–Crippen MR) is 126 cm³/mol. The lowest BCUT2D eigenvalue weighted by atomic mass is 9.97. The summed E-state index contributed by atoms with van der Waals surface area (Å²) in [6.07, 6.45) is -1.08. The second kappa shape index (κ2) is 10.2. The highest BCUT2D eigenvalue weighted by molar-refractivity contribution is 8.00. The number of carbonyl (C=O) groups excluding carboxylic acids is 1. The Balaban J connectivity index is 1.52. The Hall–Kier alpha value is -2.79. The van der Waals surface area contributed by atoms with Crippen LogP contribution < -0.4 is 15.7 Å². The highest BCUT2D eigenvalue weighted by atomic mass is 32.2. The molecular weight excluding hydrogens is 487 g/mol. The van der Waals surface area contributed by atoms with Crippen LogP contribution in [0.25, 0.3) is 0 Å². The smallest absolute Gasteiger partial charge is 0.416 e. The second-order valence-corrected chi connectivity index (χ2v) is 9.74. The zero-order chi connectivity index (χ0) is 24.3. The number of nitrogens with one attached hydrogen (secondary N) is 1. The van der Waals surface area contributed by atoms with E-state index in [1.54, 1.807) is 15.9 Å². The van der Waals surface area contributed by atoms with E-state index >= 15 is 0 Å². The van der Waals surface area contributed by atoms with E-state index in [2.05, 4.69) is 10.3 Å². The first kappa shape index (κ1) is 24.3. The fourth-order valence-corrected chi connectivity index (χ4v) is 5.46. The van der Waals surface area contributed by atoms with Crippen molar-refractivity contribution in [3.8, 4) is 5.75 Å². The van der Waals surface area contributed by atoms with Gasteiger partial charge in [-0.1, -0.05) is 17.8 Å². The van der Waals surface area contributed by atoms with Crippen LogP contribution in [0, 0.1) is 0 Å². The summed E-state index contributed by atoms with van der Waals surface area (Å²) in [5.41, 5.74) is 0.598. The summed E-state index contributed by atoms with van der Waals surface area (Å²) < 4.78 is 46.0. The fourth-order valence-electron chi connectivity index (χ4n) is 3.89. The summed E-state index contributed by atoms with van der Waals surface area (Å²) in [6, 6.07) is 6.81. The molecule has 0 unspecified atom stereocenters. The van der Waals surface area contributed by atoms with Crippen LogP contribution in [0.15, 0.2) is 45.5 Å². The molecule has 11 heteroatoms. The summed E-state index contributed by atoms with van der Waals surface area (Å²) in [6.45, 7) is 0.465. The first-order chi connectivity index (χ1) is 16.3. The molecule has 6 nitrogen and oxygen atoms in total. The molecule has 4 rings (SSSR count). The predicted octanol–water partition coefficient (Wildman–Crippen LogP) is 4.99. The monoisotopic (exact) mass is 509 g/mol. The number of aromatic nitrogens is 2. The molecule has 0 saturated heterocycles. The number of fused-ring (bicyclic) bond motifs is 1. The van der Waals surface area contributed by atoms with Gasteiger partial charge in [-0.05, 0) is 55.3 Å². The van der Waals surface area contributed by atoms with E-state index in [9.17, 15) is 22.8 Å². The molecule has 1 aliphatic carbocycles. The Morgan fingerprint density at radius 3 is 2.76 bits per heavy atom. The molecule has 34 heavy (non-hydrogen) atoms. The maximum Gasteiger partial charge on any atom is 0.416 e. The van der Waals surface area contributed by atoms with Crippen LogP contribution in [0.3, 0.4) is 0 Å². The van der Waals surface area contributed by atoms with E-state index < -0.39 is 17.6 Å². The molecule has 0 atom stereocenters. The van der Waals surface area contributed by atoms with Crippen molar-refractivity contribution < 1.29 is 22.7 Å². The highest BCUT2D eigenvalue weighted by Gasteiger charge is 2.31. The number of thioether (sulfide) groups is 1. The quantitative estimate of drug-likeness (QED) is 0.359. The number of amides is 1. The van der Waals surface area contributed by atoms with Gasteiger partial charge in [0, 0.05) is 16.1 Å². The Morgan fingerprint density at radius 1 is 1.26 bits per heavy atom. The van der Waals surface area contributed by atoms with Crippen LogP contribution in [0.4, 0.5) is 18.9 Å². The molecular formula is C23H22F3N3O3S2. The Kier molecular flexibility index (Phi) is 7.32. The van der Waals surface area contributed by atoms with Crippen molar-refractivity contribution in [2.45, 2.75) is 43.4 Å². The number of hydrogen-bond donors (Lipinski definition) is 1. The van der Waals surface area contributed by atoms with Crippen molar-refractivity contribution in [1.29, 1.82) is 0 Å². The van der Waals surface area contributed by atoms with Gasteiger partial charge in [-0.15, -0.1) is 11.3 Å². The van der Waals surface area contributed by atoms with Crippen LogP contribution in [-0.2, 0) is 30.4 Å². The third-order valence-electron chi connectivity index (χ3n) is 5.49. The third-order valence-corrected chi connectivity index (χ3v) is 7.36. The van der Waals surface area contributed by atoms with Crippen molar-refractivity contribution in [2.24, 2.45) is 0 Å². The highest BCUT2D eigenvalue weighted by Crippen LogP contribution is 2.35. The molecule has 3 aromatic rings. The average molecular weight is 510 g/mol. The van der Waals surface area contributed by atoms with Crippen molar-refractivity contribution in [2.75, 3.05) is 18.2 Å². The molecule has 2 heterocycles. The van der Waals surface area contributed by atoms with Gasteiger partial charge >= 0.3 is 11.9 Å². The van der Waals surface area contributed by atoms with E-state index in [0.717, 1.165) is 71.8 Å². The standard InChI is InChI=1S/C23H22F3N3O3S2/c1-32-19-9-8-14(23(24,25)26)11-17(19)27-20(30)13-34-21-16-6-2-3-7-18(16)29(22(31)28-21)12-15-5-4-10-33-15/h4-5,8-11H,2-3,6-7,12-13H2,1H3,(H,27,30). The number of halogens is 3. The van der Waals surface area contributed by atoms with Gasteiger partial charge in [0.05, 0.1) is 30.7 Å². The lowest BCUT2D eigenvalue weighted by Gasteiger charge is -2.22. The number of carbonyl (C=O) groups is 1. The van der Waals surface area contributed by atoms with Crippen LogP contribution in [-0.4, -0.2) is 28.3 Å². The normalized spacial score (nSPS) is 13.4. The van der Waals surface area contributed by atoms with Gasteiger partial charge in [0.15, 0.2) is 0 Å². The third kappa shape index (κ3) is 5.47. The average Bonchev–Trinajstić information content (AvgIpc) is 3.32. The first-order valence-corrected chi connectivity index (χ1v) is 12.5. The maximum absolute atomic E-state index is 13.1. The number of hydrogen-bond acceptors (Lipinski definition) is 6. The summed E-state index contributed by atoms with van der Waals surface area (Å²) in [5.74, 6) is -0.498. The van der Waals surface area contributed by atoms with Crippen LogP contribution >= 0.6 is 23.1 Å². The summed E-state index contributed by atoms with van der Waals surface area (Å²) in [7, 11) is 1.31. The summed E-state index contributed by atoms with van der Waals surface area (Å²) in [4.78, 5) is 30.7. The van der Waals surface area contributed by atoms with Crippen LogP contribution in [0.5, 0.6) is 5.75 Å². The zero-order valence-corrected chi connectivity index (χ0v) is 19.9. The van der Waals surface area contributed by atoms with Crippen molar-refractivity contribution in [3.63, 3.8) is 0 Å². The summed E-state index contributed by atoms with van der Waals surface area (Å²) >= 11 is 2.70. The van der Waals surface area contributed by atoms with Gasteiger partial charge in [0.2, 0.25) is 5.91 Å². The molecule has 0 radical (unpaired) electrons. The number of alkyl halides is 3. The molecule has 1 amide bonds. The maximum atomic E-state index is 13.1. The molecule has 0 bridgehead atoms. The minimum absolute atomic E-state index is 0.0655. The molecule has 0 fully saturated rings. The van der Waals surface area contributed by atoms with Gasteiger partial charge < -0.3 is 10.1 Å². The largest absolute Gasteiger partial charge is 0.495 e. The lowest BCUT2D eigenvalue weighted by Crippen LogP contribution is -2.30. The lowest BCUT2D eigenvalue weighted by molar-refractivity contribution is -0.137. The van der Waals surface area contributed by atoms with Crippen LogP contribution in [0.2, 0.25) is 0 Å². The molecule has 2 aromatic heterocycles. The van der Waals surface area contributed by atoms with Gasteiger partial charge in [-0.2, -0.15) is 18.2 Å². The SMILES string of the molecule is COc1ccc(C(F)(F)F)cc1NC(=O)CSc1nc(=O)n(Cc2cccs2)c2c1CCCC2. The topological polar surface area (TPSA) is 73.2 Å². The Morgan fingerprint density at radius 2 is 2.06 bits per heavy atom. The molecule has 0 spiro atoms. The van der Waals surface area contributed by atoms with Gasteiger partial charge in [-0.25, -0.2) is 4.79 Å². The number of nitrogens with zero attached hydrogens (tertiary/aromatic N) is 2. The van der Waals surface area contributed by atoms with Crippen LogP contribution in [0.1, 0.15) is 34.5 Å². The van der Waals surface area contributed by atoms with Gasteiger partial charge in [0.1, 0.15) is 10.8 Å². The van der Waals surface area contributed by atoms with Gasteiger partial charge in [0.25, 0.3) is 0 Å². The number of benzene rings is 1. The fraction of sp³-hybridized carbons (Fsp3) is 0.348. The molecule has 1 aromatic carbocycles. The molecule has 180 valence electrons. The molecule has 1 N–H and O–H groups in total.